The zero-order valence-corrected chi connectivity index (χ0v) is 17.4. The minimum atomic E-state index is -2.00. The summed E-state index contributed by atoms with van der Waals surface area (Å²) >= 11 is 1.33. The van der Waals surface area contributed by atoms with Gasteiger partial charge in [0.05, 0.1) is 6.61 Å². The highest BCUT2D eigenvalue weighted by atomic mass is 32.2. The van der Waals surface area contributed by atoms with Crippen LogP contribution in [0.25, 0.3) is 0 Å². The largest absolute Gasteiger partial charge is 0.414 e. The molecule has 0 radical (unpaired) electrons. The van der Waals surface area contributed by atoms with Crippen LogP contribution in [0.15, 0.2) is 35.2 Å². The normalized spacial score (nSPS) is 31.1. The lowest BCUT2D eigenvalue weighted by Gasteiger charge is -2.42. The van der Waals surface area contributed by atoms with Gasteiger partial charge in [-0.15, -0.1) is 0 Å². The molecule has 0 unspecified atom stereocenters. The molecule has 25 heavy (non-hydrogen) atoms. The molecule has 7 heteroatoms. The molecule has 1 saturated heterocycles. The summed E-state index contributed by atoms with van der Waals surface area (Å²) in [5.41, 5.74) is -0.659. The van der Waals surface area contributed by atoms with Gasteiger partial charge >= 0.3 is 0 Å². The number of aliphatic hydroxyl groups is 3. The zero-order chi connectivity index (χ0) is 18.8. The van der Waals surface area contributed by atoms with Gasteiger partial charge in [0.15, 0.2) is 8.32 Å². The Kier molecular flexibility index (Phi) is 6.75. The van der Waals surface area contributed by atoms with Crippen LogP contribution >= 0.6 is 11.8 Å². The molecule has 5 nitrogen and oxygen atoms in total. The van der Waals surface area contributed by atoms with Crippen LogP contribution in [0.4, 0.5) is 0 Å². The number of hydrogen-bond donors (Lipinski definition) is 3. The summed E-state index contributed by atoms with van der Waals surface area (Å²) in [6, 6.07) is 9.55. The molecule has 1 aliphatic rings. The van der Waals surface area contributed by atoms with Crippen molar-refractivity contribution in [1.82, 2.24) is 0 Å². The first-order valence-corrected chi connectivity index (χ1v) is 12.4. The first kappa shape index (κ1) is 20.9. The standard InChI is InChI=1S/C18H30O5SSi/c1-18(2,3)25(4,5)22-11-13-14(19)15(20)16(21)17(23-13)24-12-9-7-6-8-10-12/h6-10,13-17,19-21H,11H2,1-5H3/t13-,14-,15+,16+,17-/m1/s1. The summed E-state index contributed by atoms with van der Waals surface area (Å²) in [6.45, 7) is 10.9. The van der Waals surface area contributed by atoms with Crippen molar-refractivity contribution in [1.29, 1.82) is 0 Å². The maximum Gasteiger partial charge on any atom is 0.192 e. The van der Waals surface area contributed by atoms with E-state index >= 15 is 0 Å². The molecule has 0 spiro atoms. The third-order valence-corrected chi connectivity index (χ3v) is 10.7. The second-order valence-corrected chi connectivity index (χ2v) is 14.0. The highest BCUT2D eigenvalue weighted by molar-refractivity contribution is 7.99. The van der Waals surface area contributed by atoms with Crippen molar-refractivity contribution in [3.05, 3.63) is 30.3 Å². The Morgan fingerprint density at radius 1 is 1.04 bits per heavy atom. The van der Waals surface area contributed by atoms with E-state index in [1.807, 2.05) is 30.3 Å². The average Bonchev–Trinajstić information content (AvgIpc) is 2.54. The van der Waals surface area contributed by atoms with Gasteiger partial charge in [-0.25, -0.2) is 0 Å². The van der Waals surface area contributed by atoms with Crippen molar-refractivity contribution in [2.45, 2.75) is 73.7 Å². The lowest BCUT2D eigenvalue weighted by Crippen LogP contribution is -2.58. The second kappa shape index (κ2) is 8.08. The zero-order valence-electron chi connectivity index (χ0n) is 15.5. The lowest BCUT2D eigenvalue weighted by atomic mass is 10.0. The summed E-state index contributed by atoms with van der Waals surface area (Å²) in [6.07, 6.45) is -4.27. The van der Waals surface area contributed by atoms with E-state index in [4.69, 9.17) is 9.16 Å². The fraction of sp³-hybridized carbons (Fsp3) is 0.667. The number of rotatable bonds is 5. The Hall–Kier alpha value is -0.413. The Balaban J connectivity index is 2.05. The molecule has 1 aromatic rings. The second-order valence-electron chi connectivity index (χ2n) is 8.02. The number of hydrogen-bond acceptors (Lipinski definition) is 6. The van der Waals surface area contributed by atoms with Crippen LogP contribution in [0.2, 0.25) is 18.1 Å². The monoisotopic (exact) mass is 386 g/mol. The van der Waals surface area contributed by atoms with Crippen molar-refractivity contribution in [3.8, 4) is 0 Å². The van der Waals surface area contributed by atoms with E-state index in [1.165, 1.54) is 11.8 Å². The van der Waals surface area contributed by atoms with Crippen molar-refractivity contribution in [2.24, 2.45) is 0 Å². The van der Waals surface area contributed by atoms with Gasteiger partial charge in [0, 0.05) is 4.90 Å². The van der Waals surface area contributed by atoms with Gasteiger partial charge in [0.1, 0.15) is 29.9 Å². The molecule has 0 aliphatic carbocycles. The quantitative estimate of drug-likeness (QED) is 0.675. The van der Waals surface area contributed by atoms with Gasteiger partial charge in [-0.1, -0.05) is 50.7 Å². The lowest BCUT2D eigenvalue weighted by molar-refractivity contribution is -0.204. The smallest absolute Gasteiger partial charge is 0.192 e. The summed E-state index contributed by atoms with van der Waals surface area (Å²) in [4.78, 5) is 0.930. The molecular formula is C18H30O5SSi. The molecule has 0 amide bonds. The van der Waals surface area contributed by atoms with E-state index in [-0.39, 0.29) is 11.6 Å². The fourth-order valence-electron chi connectivity index (χ4n) is 2.29. The predicted octanol–water partition coefficient (Wildman–Crippen LogP) is 2.61. The Morgan fingerprint density at radius 3 is 2.20 bits per heavy atom. The number of benzene rings is 1. The van der Waals surface area contributed by atoms with Gasteiger partial charge in [0.25, 0.3) is 0 Å². The molecule has 1 aliphatic heterocycles. The van der Waals surface area contributed by atoms with E-state index < -0.39 is 38.2 Å². The Bertz CT molecular complexity index is 548. The summed E-state index contributed by atoms with van der Waals surface area (Å²) < 4.78 is 12.0. The first-order valence-electron chi connectivity index (χ1n) is 8.58. The first-order chi connectivity index (χ1) is 11.5. The van der Waals surface area contributed by atoms with Crippen LogP contribution in [0.3, 0.4) is 0 Å². The summed E-state index contributed by atoms with van der Waals surface area (Å²) in [5.74, 6) is 0. The molecule has 1 heterocycles. The Labute approximate surface area is 155 Å². The molecule has 142 valence electrons. The van der Waals surface area contributed by atoms with Crippen LogP contribution in [0, 0.1) is 0 Å². The number of ether oxygens (including phenoxy) is 1. The van der Waals surface area contributed by atoms with Crippen LogP contribution in [-0.2, 0) is 9.16 Å². The minimum absolute atomic E-state index is 0.0446. The van der Waals surface area contributed by atoms with Gasteiger partial charge in [-0.3, -0.25) is 0 Å². The van der Waals surface area contributed by atoms with Gasteiger partial charge in [0.2, 0.25) is 0 Å². The average molecular weight is 387 g/mol. The van der Waals surface area contributed by atoms with E-state index in [0.717, 1.165) is 4.90 Å². The van der Waals surface area contributed by atoms with Crippen molar-refractivity contribution >= 4 is 20.1 Å². The van der Waals surface area contributed by atoms with Crippen LogP contribution in [-0.4, -0.2) is 60.1 Å². The molecular weight excluding hydrogens is 356 g/mol. The van der Waals surface area contributed by atoms with E-state index in [2.05, 4.69) is 33.9 Å². The van der Waals surface area contributed by atoms with Gasteiger partial charge in [-0.2, -0.15) is 0 Å². The molecule has 1 fully saturated rings. The van der Waals surface area contributed by atoms with E-state index in [9.17, 15) is 15.3 Å². The Morgan fingerprint density at radius 2 is 1.64 bits per heavy atom. The number of aliphatic hydroxyl groups excluding tert-OH is 3. The third kappa shape index (κ3) is 5.06. The molecule has 0 bridgehead atoms. The van der Waals surface area contributed by atoms with E-state index in [1.54, 1.807) is 0 Å². The highest BCUT2D eigenvalue weighted by Crippen LogP contribution is 2.38. The van der Waals surface area contributed by atoms with Crippen molar-refractivity contribution < 1.29 is 24.5 Å². The molecule has 2 rings (SSSR count). The van der Waals surface area contributed by atoms with Crippen LogP contribution in [0.5, 0.6) is 0 Å². The molecule has 1 aromatic carbocycles. The van der Waals surface area contributed by atoms with Crippen molar-refractivity contribution in [3.63, 3.8) is 0 Å². The topological polar surface area (TPSA) is 79.2 Å². The maximum atomic E-state index is 10.3. The SMILES string of the molecule is CC(C)(C)[Si](C)(C)OC[C@H]1O[C@H](Sc2ccccc2)[C@@H](O)[C@@H](O)[C@@H]1O. The maximum absolute atomic E-state index is 10.3. The molecule has 0 saturated carbocycles. The third-order valence-electron chi connectivity index (χ3n) is 5.08. The van der Waals surface area contributed by atoms with Crippen LogP contribution < -0.4 is 0 Å². The number of thioether (sulfide) groups is 1. The fourth-order valence-corrected chi connectivity index (χ4v) is 4.39. The summed E-state index contributed by atoms with van der Waals surface area (Å²) in [5, 5.41) is 30.8. The highest BCUT2D eigenvalue weighted by Gasteiger charge is 2.45. The van der Waals surface area contributed by atoms with Crippen molar-refractivity contribution in [2.75, 3.05) is 6.61 Å². The van der Waals surface area contributed by atoms with Gasteiger partial charge < -0.3 is 24.5 Å². The minimum Gasteiger partial charge on any atom is -0.414 e. The molecule has 3 N–H and O–H groups in total. The summed E-state index contributed by atoms with van der Waals surface area (Å²) in [7, 11) is -2.00. The molecule has 0 aromatic heterocycles. The van der Waals surface area contributed by atoms with Crippen LogP contribution in [0.1, 0.15) is 20.8 Å². The predicted molar refractivity (Wildman–Crippen MR) is 102 cm³/mol. The van der Waals surface area contributed by atoms with Gasteiger partial charge in [-0.05, 0) is 30.3 Å². The molecule has 5 atom stereocenters. The van der Waals surface area contributed by atoms with E-state index in [0.29, 0.717) is 0 Å².